The van der Waals surface area contributed by atoms with Crippen LogP contribution in [0.4, 0.5) is 15.6 Å². The van der Waals surface area contributed by atoms with Gasteiger partial charge in [-0.25, -0.2) is 4.98 Å². The topological polar surface area (TPSA) is 108 Å². The molecule has 1 aromatic heterocycles. The highest BCUT2D eigenvalue weighted by atomic mass is 32.2. The molecule has 1 aliphatic heterocycles. The number of thiazole rings is 1. The fraction of sp³-hybridized carbons (Fsp3) is 0.235. The van der Waals surface area contributed by atoms with Crippen molar-refractivity contribution in [1.29, 1.82) is 0 Å². The third kappa shape index (κ3) is 4.92. The molecule has 0 aliphatic carbocycles. The number of hydrogen-bond donors (Lipinski definition) is 2. The first-order chi connectivity index (χ1) is 12.9. The number of benzene rings is 1. The van der Waals surface area contributed by atoms with E-state index in [1.807, 2.05) is 13.0 Å². The van der Waals surface area contributed by atoms with E-state index >= 15 is 0 Å². The van der Waals surface area contributed by atoms with Gasteiger partial charge in [-0.15, -0.1) is 11.3 Å². The number of anilines is 2. The highest BCUT2D eigenvalue weighted by Crippen LogP contribution is 2.29. The van der Waals surface area contributed by atoms with Crippen molar-refractivity contribution in [2.75, 3.05) is 17.2 Å². The summed E-state index contributed by atoms with van der Waals surface area (Å²) in [6.07, 6.45) is 1.39. The van der Waals surface area contributed by atoms with Gasteiger partial charge in [0.1, 0.15) is 11.8 Å². The molecule has 8 nitrogen and oxygen atoms in total. The molecule has 10 heteroatoms. The van der Waals surface area contributed by atoms with Gasteiger partial charge in [0.2, 0.25) is 17.7 Å². The second kappa shape index (κ2) is 8.31. The zero-order chi connectivity index (χ0) is 19.4. The van der Waals surface area contributed by atoms with Gasteiger partial charge in [0.25, 0.3) is 5.24 Å². The number of carbonyl (C=O) groups is 4. The number of hydrogen-bond acceptors (Lipinski definition) is 7. The molecule has 4 amide bonds. The molecule has 1 unspecified atom stereocenters. The maximum Gasteiger partial charge on any atom is 0.289 e. The van der Waals surface area contributed by atoms with Gasteiger partial charge in [0.15, 0.2) is 5.13 Å². The Bertz CT molecular complexity index is 885. The zero-order valence-corrected chi connectivity index (χ0v) is 15.9. The molecular formula is C17H16N4O4S2. The van der Waals surface area contributed by atoms with Gasteiger partial charge in [-0.1, -0.05) is 23.9 Å². The molecular weight excluding hydrogens is 388 g/mol. The smallest absolute Gasteiger partial charge is 0.289 e. The SMILES string of the molecule is Cc1cccc(NC(=O)CN2C(=O)SC(CC(=O)Nc3nccs3)C2=O)c1. The standard InChI is InChI=1S/C17H16N4O4S2/c1-10-3-2-4-11(7-10)19-14(23)9-21-15(24)12(27-17(21)25)8-13(22)20-16-18-5-6-26-16/h2-7,12H,8-9H2,1H3,(H,19,23)(H,18,20,22). The van der Waals surface area contributed by atoms with Crippen LogP contribution < -0.4 is 10.6 Å². The molecule has 2 N–H and O–H groups in total. The lowest BCUT2D eigenvalue weighted by molar-refractivity contribution is -0.131. The van der Waals surface area contributed by atoms with E-state index in [9.17, 15) is 19.2 Å². The normalized spacial score (nSPS) is 16.5. The van der Waals surface area contributed by atoms with Gasteiger partial charge in [-0.3, -0.25) is 24.1 Å². The van der Waals surface area contributed by atoms with Gasteiger partial charge in [-0.2, -0.15) is 0 Å². The third-order valence-electron chi connectivity index (χ3n) is 3.66. The fourth-order valence-corrected chi connectivity index (χ4v) is 3.99. The lowest BCUT2D eigenvalue weighted by Crippen LogP contribution is -2.38. The van der Waals surface area contributed by atoms with Crippen LogP contribution in [0, 0.1) is 6.92 Å². The van der Waals surface area contributed by atoms with Gasteiger partial charge in [0.05, 0.1) is 0 Å². The van der Waals surface area contributed by atoms with Crippen LogP contribution in [0.1, 0.15) is 12.0 Å². The lowest BCUT2D eigenvalue weighted by atomic mass is 10.2. The predicted octanol–water partition coefficient (Wildman–Crippen LogP) is 2.48. The van der Waals surface area contributed by atoms with Crippen LogP contribution in [-0.2, 0) is 14.4 Å². The minimum atomic E-state index is -0.843. The molecule has 0 radical (unpaired) electrons. The maximum absolute atomic E-state index is 12.4. The van der Waals surface area contributed by atoms with Crippen molar-refractivity contribution in [3.63, 3.8) is 0 Å². The Hall–Kier alpha value is -2.72. The van der Waals surface area contributed by atoms with E-state index in [0.29, 0.717) is 10.8 Å². The average molecular weight is 404 g/mol. The van der Waals surface area contributed by atoms with E-state index < -0.39 is 28.2 Å². The van der Waals surface area contributed by atoms with Crippen LogP contribution in [0.3, 0.4) is 0 Å². The summed E-state index contributed by atoms with van der Waals surface area (Å²) < 4.78 is 0. The highest BCUT2D eigenvalue weighted by Gasteiger charge is 2.41. The molecule has 1 saturated heterocycles. The van der Waals surface area contributed by atoms with E-state index in [1.165, 1.54) is 11.3 Å². The number of nitrogens with one attached hydrogen (secondary N) is 2. The number of amides is 4. The molecule has 2 heterocycles. The molecule has 1 fully saturated rings. The monoisotopic (exact) mass is 404 g/mol. The number of carbonyl (C=O) groups excluding carboxylic acids is 4. The van der Waals surface area contributed by atoms with Crippen LogP contribution in [0.2, 0.25) is 0 Å². The second-order valence-corrected chi connectivity index (χ2v) is 7.85. The zero-order valence-electron chi connectivity index (χ0n) is 14.3. The number of aryl methyl sites for hydroxylation is 1. The van der Waals surface area contributed by atoms with E-state index in [0.717, 1.165) is 22.2 Å². The fourth-order valence-electron chi connectivity index (χ4n) is 2.46. The molecule has 1 atom stereocenters. The second-order valence-electron chi connectivity index (χ2n) is 5.80. The summed E-state index contributed by atoms with van der Waals surface area (Å²) in [5.74, 6) is -1.43. The molecule has 2 aromatic rings. The number of aromatic nitrogens is 1. The summed E-state index contributed by atoms with van der Waals surface area (Å²) in [7, 11) is 0. The van der Waals surface area contributed by atoms with Crippen LogP contribution in [0.15, 0.2) is 35.8 Å². The van der Waals surface area contributed by atoms with E-state index in [-0.39, 0.29) is 13.0 Å². The molecule has 1 aliphatic rings. The summed E-state index contributed by atoms with van der Waals surface area (Å²) in [5.41, 5.74) is 1.56. The molecule has 0 bridgehead atoms. The van der Waals surface area contributed by atoms with Crippen molar-refractivity contribution in [2.24, 2.45) is 0 Å². The Labute approximate surface area is 163 Å². The first-order valence-corrected chi connectivity index (χ1v) is 9.76. The Morgan fingerprint density at radius 2 is 2.04 bits per heavy atom. The number of nitrogens with zero attached hydrogens (tertiary/aromatic N) is 2. The molecule has 27 heavy (non-hydrogen) atoms. The molecule has 0 spiro atoms. The van der Waals surface area contributed by atoms with Crippen LogP contribution in [0.25, 0.3) is 0 Å². The van der Waals surface area contributed by atoms with Gasteiger partial charge in [-0.05, 0) is 24.6 Å². The minimum Gasteiger partial charge on any atom is -0.325 e. The van der Waals surface area contributed by atoms with Crippen molar-refractivity contribution in [3.05, 3.63) is 41.4 Å². The third-order valence-corrected chi connectivity index (χ3v) is 5.42. The molecule has 0 saturated carbocycles. The van der Waals surface area contributed by atoms with Crippen molar-refractivity contribution >= 4 is 56.9 Å². The van der Waals surface area contributed by atoms with Crippen molar-refractivity contribution < 1.29 is 19.2 Å². The largest absolute Gasteiger partial charge is 0.325 e. The summed E-state index contributed by atoms with van der Waals surface area (Å²) in [4.78, 5) is 53.5. The predicted molar refractivity (Wildman–Crippen MR) is 104 cm³/mol. The van der Waals surface area contributed by atoms with Crippen molar-refractivity contribution in [2.45, 2.75) is 18.6 Å². The Morgan fingerprint density at radius 3 is 2.74 bits per heavy atom. The quantitative estimate of drug-likeness (QED) is 0.766. The summed E-state index contributed by atoms with van der Waals surface area (Å²) in [5, 5.41) is 5.99. The molecule has 140 valence electrons. The van der Waals surface area contributed by atoms with Gasteiger partial charge in [0, 0.05) is 23.7 Å². The van der Waals surface area contributed by atoms with E-state index in [1.54, 1.807) is 29.8 Å². The first kappa shape index (κ1) is 19.1. The number of thioether (sulfide) groups is 1. The Morgan fingerprint density at radius 1 is 1.22 bits per heavy atom. The molecule has 3 rings (SSSR count). The number of rotatable bonds is 6. The van der Waals surface area contributed by atoms with Gasteiger partial charge < -0.3 is 10.6 Å². The number of imide groups is 1. The van der Waals surface area contributed by atoms with E-state index in [4.69, 9.17) is 0 Å². The lowest BCUT2D eigenvalue weighted by Gasteiger charge is -2.14. The van der Waals surface area contributed by atoms with E-state index in [2.05, 4.69) is 15.6 Å². The summed E-state index contributed by atoms with van der Waals surface area (Å²) in [6.45, 7) is 1.50. The minimum absolute atomic E-state index is 0.162. The Kier molecular flexibility index (Phi) is 5.87. The first-order valence-electron chi connectivity index (χ1n) is 8.00. The molecule has 1 aromatic carbocycles. The summed E-state index contributed by atoms with van der Waals surface area (Å²) in [6, 6.07) is 7.19. The van der Waals surface area contributed by atoms with Crippen molar-refractivity contribution in [3.8, 4) is 0 Å². The highest BCUT2D eigenvalue weighted by molar-refractivity contribution is 8.15. The van der Waals surface area contributed by atoms with Crippen molar-refractivity contribution in [1.82, 2.24) is 9.88 Å². The van der Waals surface area contributed by atoms with Crippen LogP contribution >= 0.6 is 23.1 Å². The van der Waals surface area contributed by atoms with Gasteiger partial charge >= 0.3 is 0 Å². The average Bonchev–Trinajstić information content (AvgIpc) is 3.19. The Balaban J connectivity index is 1.55. The maximum atomic E-state index is 12.4. The van der Waals surface area contributed by atoms with Crippen LogP contribution in [0.5, 0.6) is 0 Å². The summed E-state index contributed by atoms with van der Waals surface area (Å²) >= 11 is 2.01. The van der Waals surface area contributed by atoms with Crippen LogP contribution in [-0.4, -0.2) is 44.6 Å².